The van der Waals surface area contributed by atoms with Crippen LogP contribution in [0, 0.1) is 5.92 Å². The van der Waals surface area contributed by atoms with Crippen LogP contribution < -0.4 is 5.32 Å². The number of aryl methyl sites for hydroxylation is 1. The van der Waals surface area contributed by atoms with Crippen molar-refractivity contribution >= 4 is 5.91 Å². The predicted octanol–water partition coefficient (Wildman–Crippen LogP) is 2.14. The number of hydrogen-bond donors (Lipinski definition) is 1. The lowest BCUT2D eigenvalue weighted by Gasteiger charge is -2.06. The fourth-order valence-electron chi connectivity index (χ4n) is 2.19. The van der Waals surface area contributed by atoms with Crippen LogP contribution in [0.5, 0.6) is 0 Å². The molecule has 1 N–H and O–H groups in total. The third kappa shape index (κ3) is 2.58. The Bertz CT molecular complexity index is 334. The molecule has 1 heterocycles. The van der Waals surface area contributed by atoms with Crippen molar-refractivity contribution in [3.8, 4) is 0 Å². The molecule has 0 radical (unpaired) electrons. The molecule has 1 aliphatic rings. The Morgan fingerprint density at radius 2 is 2.07 bits per heavy atom. The molecule has 1 amide bonds. The van der Waals surface area contributed by atoms with Gasteiger partial charge in [-0.05, 0) is 31.7 Å². The number of amides is 1. The van der Waals surface area contributed by atoms with Crippen molar-refractivity contribution < 1.29 is 4.79 Å². The summed E-state index contributed by atoms with van der Waals surface area (Å²) in [5.74, 6) is 0.457. The lowest BCUT2D eigenvalue weighted by molar-refractivity contribution is -0.122. The summed E-state index contributed by atoms with van der Waals surface area (Å²) in [7, 11) is 0. The average Bonchev–Trinajstić information content (AvgIpc) is 2.56. The van der Waals surface area contributed by atoms with Gasteiger partial charge in [0.2, 0.25) is 5.91 Å². The van der Waals surface area contributed by atoms with Gasteiger partial charge < -0.3 is 5.32 Å². The third-order valence-corrected chi connectivity index (χ3v) is 3.02. The molecule has 0 aromatic heterocycles. The van der Waals surface area contributed by atoms with E-state index in [1.165, 1.54) is 5.56 Å². The van der Waals surface area contributed by atoms with Crippen LogP contribution in [0.2, 0.25) is 0 Å². The van der Waals surface area contributed by atoms with Crippen LogP contribution in [0.25, 0.3) is 0 Å². The first-order valence-electron chi connectivity index (χ1n) is 5.60. The van der Waals surface area contributed by atoms with E-state index >= 15 is 0 Å². The SMILES string of the molecule is C[C@H]1C[C@@H](CCc2ccccc2)C(=O)N1. The Hall–Kier alpha value is -1.31. The zero-order valence-corrected chi connectivity index (χ0v) is 9.07. The Balaban J connectivity index is 1.86. The second-order valence-corrected chi connectivity index (χ2v) is 4.37. The molecule has 0 unspecified atom stereocenters. The Morgan fingerprint density at radius 1 is 1.33 bits per heavy atom. The first kappa shape index (κ1) is 10.2. The summed E-state index contributed by atoms with van der Waals surface area (Å²) >= 11 is 0. The van der Waals surface area contributed by atoms with E-state index in [2.05, 4.69) is 24.4 Å². The first-order valence-corrected chi connectivity index (χ1v) is 5.60. The number of carbonyl (C=O) groups excluding carboxylic acids is 1. The van der Waals surface area contributed by atoms with E-state index < -0.39 is 0 Å². The van der Waals surface area contributed by atoms with E-state index in [1.54, 1.807) is 0 Å². The Labute approximate surface area is 90.7 Å². The first-order chi connectivity index (χ1) is 7.25. The summed E-state index contributed by atoms with van der Waals surface area (Å²) in [6.07, 6.45) is 2.97. The van der Waals surface area contributed by atoms with E-state index in [0.717, 1.165) is 19.3 Å². The smallest absolute Gasteiger partial charge is 0.223 e. The number of hydrogen-bond acceptors (Lipinski definition) is 1. The van der Waals surface area contributed by atoms with Gasteiger partial charge >= 0.3 is 0 Å². The van der Waals surface area contributed by atoms with Crippen LogP contribution in [0.15, 0.2) is 30.3 Å². The summed E-state index contributed by atoms with van der Waals surface area (Å²) in [6, 6.07) is 10.7. The van der Waals surface area contributed by atoms with Crippen LogP contribution >= 0.6 is 0 Å². The molecule has 80 valence electrons. The second kappa shape index (κ2) is 4.47. The van der Waals surface area contributed by atoms with Crippen molar-refractivity contribution in [1.82, 2.24) is 5.32 Å². The van der Waals surface area contributed by atoms with Gasteiger partial charge in [0.15, 0.2) is 0 Å². The predicted molar refractivity (Wildman–Crippen MR) is 60.5 cm³/mol. The molecule has 0 saturated carbocycles. The number of benzene rings is 1. The lowest BCUT2D eigenvalue weighted by Crippen LogP contribution is -2.23. The Morgan fingerprint density at radius 3 is 2.67 bits per heavy atom. The van der Waals surface area contributed by atoms with E-state index in [1.807, 2.05) is 18.2 Å². The van der Waals surface area contributed by atoms with Crippen molar-refractivity contribution in [3.05, 3.63) is 35.9 Å². The monoisotopic (exact) mass is 203 g/mol. The standard InChI is InChI=1S/C13H17NO/c1-10-9-12(13(15)14-10)8-7-11-5-3-2-4-6-11/h2-6,10,12H,7-9H2,1H3,(H,14,15)/t10-,12+/m0/s1. The van der Waals surface area contributed by atoms with Gasteiger partial charge in [-0.3, -0.25) is 4.79 Å². The number of rotatable bonds is 3. The molecule has 0 spiro atoms. The summed E-state index contributed by atoms with van der Waals surface area (Å²) in [4.78, 5) is 11.5. The summed E-state index contributed by atoms with van der Waals surface area (Å²) in [5, 5.41) is 2.96. The second-order valence-electron chi connectivity index (χ2n) is 4.37. The minimum Gasteiger partial charge on any atom is -0.353 e. The maximum atomic E-state index is 11.5. The molecule has 1 aliphatic heterocycles. The largest absolute Gasteiger partial charge is 0.353 e. The minimum absolute atomic E-state index is 0.222. The van der Waals surface area contributed by atoms with Crippen LogP contribution in [-0.4, -0.2) is 11.9 Å². The van der Waals surface area contributed by atoms with Gasteiger partial charge in [-0.2, -0.15) is 0 Å². The van der Waals surface area contributed by atoms with E-state index in [-0.39, 0.29) is 11.8 Å². The zero-order chi connectivity index (χ0) is 10.7. The van der Waals surface area contributed by atoms with Gasteiger partial charge in [0, 0.05) is 12.0 Å². The van der Waals surface area contributed by atoms with E-state index in [4.69, 9.17) is 0 Å². The van der Waals surface area contributed by atoms with Gasteiger partial charge in [-0.1, -0.05) is 30.3 Å². The highest BCUT2D eigenvalue weighted by atomic mass is 16.2. The van der Waals surface area contributed by atoms with Crippen molar-refractivity contribution in [2.75, 3.05) is 0 Å². The van der Waals surface area contributed by atoms with Crippen LogP contribution in [-0.2, 0) is 11.2 Å². The van der Waals surface area contributed by atoms with E-state index in [9.17, 15) is 4.79 Å². The highest BCUT2D eigenvalue weighted by molar-refractivity contribution is 5.81. The molecule has 2 heteroatoms. The topological polar surface area (TPSA) is 29.1 Å². The van der Waals surface area contributed by atoms with Gasteiger partial charge in [-0.25, -0.2) is 0 Å². The highest BCUT2D eigenvalue weighted by Crippen LogP contribution is 2.20. The number of carbonyl (C=O) groups is 1. The van der Waals surface area contributed by atoms with Crippen molar-refractivity contribution in [3.63, 3.8) is 0 Å². The molecule has 1 aromatic carbocycles. The summed E-state index contributed by atoms with van der Waals surface area (Å²) in [6.45, 7) is 2.07. The average molecular weight is 203 g/mol. The van der Waals surface area contributed by atoms with Crippen LogP contribution in [0.3, 0.4) is 0 Å². The van der Waals surface area contributed by atoms with Crippen LogP contribution in [0.1, 0.15) is 25.3 Å². The van der Waals surface area contributed by atoms with Gasteiger partial charge in [0.05, 0.1) is 0 Å². The molecule has 2 rings (SSSR count). The molecule has 0 bridgehead atoms. The minimum atomic E-state index is 0.222. The number of nitrogens with one attached hydrogen (secondary N) is 1. The normalized spacial score (nSPS) is 25.3. The third-order valence-electron chi connectivity index (χ3n) is 3.02. The maximum absolute atomic E-state index is 11.5. The highest BCUT2D eigenvalue weighted by Gasteiger charge is 2.28. The molecule has 1 saturated heterocycles. The molecule has 0 aliphatic carbocycles. The zero-order valence-electron chi connectivity index (χ0n) is 9.07. The van der Waals surface area contributed by atoms with E-state index in [0.29, 0.717) is 6.04 Å². The summed E-state index contributed by atoms with van der Waals surface area (Å²) in [5.41, 5.74) is 1.32. The van der Waals surface area contributed by atoms with Crippen molar-refractivity contribution in [2.24, 2.45) is 5.92 Å². The molecule has 15 heavy (non-hydrogen) atoms. The summed E-state index contributed by atoms with van der Waals surface area (Å²) < 4.78 is 0. The molecule has 2 atom stereocenters. The van der Waals surface area contributed by atoms with Gasteiger partial charge in [0.1, 0.15) is 0 Å². The van der Waals surface area contributed by atoms with Crippen LogP contribution in [0.4, 0.5) is 0 Å². The Kier molecular flexibility index (Phi) is 3.05. The van der Waals surface area contributed by atoms with Gasteiger partial charge in [-0.15, -0.1) is 0 Å². The fraction of sp³-hybridized carbons (Fsp3) is 0.462. The fourth-order valence-corrected chi connectivity index (χ4v) is 2.19. The van der Waals surface area contributed by atoms with Crippen molar-refractivity contribution in [2.45, 2.75) is 32.2 Å². The van der Waals surface area contributed by atoms with Gasteiger partial charge in [0.25, 0.3) is 0 Å². The molecule has 2 nitrogen and oxygen atoms in total. The molecule has 1 fully saturated rings. The molecular formula is C13H17NO. The lowest BCUT2D eigenvalue weighted by atomic mass is 9.97. The molecular weight excluding hydrogens is 186 g/mol. The quantitative estimate of drug-likeness (QED) is 0.801. The maximum Gasteiger partial charge on any atom is 0.223 e. The molecule has 1 aromatic rings. The van der Waals surface area contributed by atoms with Crippen molar-refractivity contribution in [1.29, 1.82) is 0 Å².